The van der Waals surface area contributed by atoms with Gasteiger partial charge >= 0.3 is 12.0 Å². The summed E-state index contributed by atoms with van der Waals surface area (Å²) in [5, 5.41) is 12.5. The number of anilines is 1. The molecule has 0 saturated carbocycles. The standard InChI is InChI=1S/C10H13ClN4O3/c1-18-10-13-4-6(11)8(14-10)15-3-2-12-5-7(15)9(16)17/h4,7,12H,2-3,5H2,1H3,(H,16,17). The van der Waals surface area contributed by atoms with Gasteiger partial charge in [0.1, 0.15) is 11.1 Å². The van der Waals surface area contributed by atoms with Crippen molar-refractivity contribution in [3.63, 3.8) is 0 Å². The number of aliphatic carboxylic acids is 1. The number of ether oxygens (including phenoxy) is 1. The number of halogens is 1. The van der Waals surface area contributed by atoms with E-state index in [0.717, 1.165) is 0 Å². The summed E-state index contributed by atoms with van der Waals surface area (Å²) in [6, 6.07) is -0.534. The molecule has 1 atom stereocenters. The lowest BCUT2D eigenvalue weighted by Crippen LogP contribution is -2.55. The fraction of sp³-hybridized carbons (Fsp3) is 0.500. The number of nitrogens with one attached hydrogen (secondary N) is 1. The molecule has 2 N–H and O–H groups in total. The van der Waals surface area contributed by atoms with Crippen molar-refractivity contribution in [2.45, 2.75) is 6.04 Å². The highest BCUT2D eigenvalue weighted by Gasteiger charge is 2.31. The maximum Gasteiger partial charge on any atom is 0.327 e. The molecule has 1 fully saturated rings. The average molecular weight is 273 g/mol. The smallest absolute Gasteiger partial charge is 0.327 e. The van der Waals surface area contributed by atoms with Gasteiger partial charge in [-0.2, -0.15) is 4.98 Å². The van der Waals surface area contributed by atoms with Gasteiger partial charge in [0.2, 0.25) is 0 Å². The number of hydrogen-bond acceptors (Lipinski definition) is 6. The summed E-state index contributed by atoms with van der Waals surface area (Å²) in [6.07, 6.45) is 1.41. The van der Waals surface area contributed by atoms with Crippen molar-refractivity contribution in [2.75, 3.05) is 31.6 Å². The first-order chi connectivity index (χ1) is 8.63. The number of carboxylic acids is 1. The fourth-order valence-corrected chi connectivity index (χ4v) is 2.02. The van der Waals surface area contributed by atoms with Crippen LogP contribution in [0, 0.1) is 0 Å². The minimum atomic E-state index is -0.921. The topological polar surface area (TPSA) is 87.6 Å². The van der Waals surface area contributed by atoms with Crippen LogP contribution < -0.4 is 15.0 Å². The van der Waals surface area contributed by atoms with E-state index in [9.17, 15) is 9.90 Å². The molecule has 1 aliphatic rings. The lowest BCUT2D eigenvalue weighted by Gasteiger charge is -2.34. The first-order valence-electron chi connectivity index (χ1n) is 5.40. The van der Waals surface area contributed by atoms with Crippen molar-refractivity contribution >= 4 is 23.4 Å². The van der Waals surface area contributed by atoms with Gasteiger partial charge in [-0.1, -0.05) is 11.6 Å². The van der Waals surface area contributed by atoms with E-state index in [1.54, 1.807) is 4.90 Å². The van der Waals surface area contributed by atoms with Crippen molar-refractivity contribution in [2.24, 2.45) is 0 Å². The number of aromatic nitrogens is 2. The monoisotopic (exact) mass is 272 g/mol. The predicted octanol–water partition coefficient (Wildman–Crippen LogP) is 0.00140. The maximum atomic E-state index is 11.2. The molecule has 0 bridgehead atoms. The Balaban J connectivity index is 2.35. The normalized spacial score (nSPS) is 19.7. The van der Waals surface area contributed by atoms with Crippen LogP contribution in [0.1, 0.15) is 0 Å². The third-order valence-electron chi connectivity index (χ3n) is 2.69. The summed E-state index contributed by atoms with van der Waals surface area (Å²) in [6.45, 7) is 1.53. The Morgan fingerprint density at radius 1 is 1.72 bits per heavy atom. The van der Waals surface area contributed by atoms with Crippen LogP contribution in [-0.2, 0) is 4.79 Å². The van der Waals surface area contributed by atoms with Gasteiger partial charge in [0.05, 0.1) is 13.3 Å². The van der Waals surface area contributed by atoms with Crippen molar-refractivity contribution in [3.8, 4) is 6.01 Å². The van der Waals surface area contributed by atoms with Crippen LogP contribution in [0.4, 0.5) is 5.82 Å². The molecule has 0 radical (unpaired) electrons. The molecular formula is C10H13ClN4O3. The van der Waals surface area contributed by atoms with Crippen LogP contribution >= 0.6 is 11.6 Å². The summed E-state index contributed by atoms with van der Waals surface area (Å²) in [5.41, 5.74) is 0. The second-order valence-electron chi connectivity index (χ2n) is 3.78. The van der Waals surface area contributed by atoms with Gasteiger partial charge in [0.25, 0.3) is 0 Å². The number of piperazine rings is 1. The van der Waals surface area contributed by atoms with E-state index in [4.69, 9.17) is 16.3 Å². The second-order valence-corrected chi connectivity index (χ2v) is 4.19. The van der Waals surface area contributed by atoms with Crippen LogP contribution in [0.15, 0.2) is 6.20 Å². The van der Waals surface area contributed by atoms with Crippen molar-refractivity contribution in [1.82, 2.24) is 15.3 Å². The second kappa shape index (κ2) is 5.36. The summed E-state index contributed by atoms with van der Waals surface area (Å²) >= 11 is 6.02. The molecule has 0 aliphatic carbocycles. The number of nitrogens with zero attached hydrogens (tertiary/aromatic N) is 3. The molecule has 1 aliphatic heterocycles. The molecule has 98 valence electrons. The summed E-state index contributed by atoms with van der Waals surface area (Å²) in [4.78, 5) is 20.8. The first-order valence-corrected chi connectivity index (χ1v) is 5.78. The Kier molecular flexibility index (Phi) is 3.83. The van der Waals surface area contributed by atoms with Crippen LogP contribution in [0.3, 0.4) is 0 Å². The van der Waals surface area contributed by atoms with Gasteiger partial charge in [-0.05, 0) is 0 Å². The van der Waals surface area contributed by atoms with Crippen molar-refractivity contribution in [1.29, 1.82) is 0 Å². The van der Waals surface area contributed by atoms with E-state index in [-0.39, 0.29) is 6.01 Å². The van der Waals surface area contributed by atoms with Gasteiger partial charge in [0.15, 0.2) is 5.82 Å². The van der Waals surface area contributed by atoms with E-state index >= 15 is 0 Å². The predicted molar refractivity (Wildman–Crippen MR) is 65.2 cm³/mol. The first kappa shape index (κ1) is 12.8. The van der Waals surface area contributed by atoms with Crippen LogP contribution in [0.25, 0.3) is 0 Å². The minimum Gasteiger partial charge on any atom is -0.480 e. The van der Waals surface area contributed by atoms with Crippen LogP contribution in [0.5, 0.6) is 6.01 Å². The Bertz CT molecular complexity index is 457. The summed E-state index contributed by atoms with van der Waals surface area (Å²) in [5.74, 6) is -0.534. The Morgan fingerprint density at radius 2 is 2.50 bits per heavy atom. The van der Waals surface area contributed by atoms with E-state index in [1.807, 2.05) is 0 Å². The van der Waals surface area contributed by atoms with Crippen LogP contribution in [-0.4, -0.2) is 53.8 Å². The third kappa shape index (κ3) is 2.46. The highest BCUT2D eigenvalue weighted by molar-refractivity contribution is 6.32. The molecule has 7 nitrogen and oxygen atoms in total. The molecule has 1 unspecified atom stereocenters. The molecule has 2 rings (SSSR count). The van der Waals surface area contributed by atoms with E-state index in [2.05, 4.69) is 15.3 Å². The lowest BCUT2D eigenvalue weighted by atomic mass is 10.2. The Hall–Kier alpha value is -1.60. The number of carboxylic acid groups (broad SMARTS) is 1. The zero-order chi connectivity index (χ0) is 13.1. The molecular weight excluding hydrogens is 260 g/mol. The van der Waals surface area contributed by atoms with E-state index < -0.39 is 12.0 Å². The molecule has 8 heteroatoms. The lowest BCUT2D eigenvalue weighted by molar-refractivity contribution is -0.138. The fourth-order valence-electron chi connectivity index (χ4n) is 1.82. The molecule has 0 amide bonds. The van der Waals surface area contributed by atoms with Crippen molar-refractivity contribution in [3.05, 3.63) is 11.2 Å². The molecule has 18 heavy (non-hydrogen) atoms. The van der Waals surface area contributed by atoms with E-state index in [0.29, 0.717) is 30.5 Å². The quantitative estimate of drug-likeness (QED) is 0.801. The zero-order valence-corrected chi connectivity index (χ0v) is 10.5. The van der Waals surface area contributed by atoms with E-state index in [1.165, 1.54) is 13.3 Å². The Morgan fingerprint density at radius 3 is 3.17 bits per heavy atom. The number of carbonyl (C=O) groups is 1. The van der Waals surface area contributed by atoms with Gasteiger partial charge in [-0.15, -0.1) is 0 Å². The van der Waals surface area contributed by atoms with Crippen LogP contribution in [0.2, 0.25) is 5.02 Å². The highest BCUT2D eigenvalue weighted by Crippen LogP contribution is 2.26. The number of hydrogen-bond donors (Lipinski definition) is 2. The summed E-state index contributed by atoms with van der Waals surface area (Å²) in [7, 11) is 1.44. The molecule has 0 spiro atoms. The molecule has 1 saturated heterocycles. The highest BCUT2D eigenvalue weighted by atomic mass is 35.5. The maximum absolute atomic E-state index is 11.2. The Labute approximate surface area is 109 Å². The molecule has 2 heterocycles. The number of rotatable bonds is 3. The average Bonchev–Trinajstić information content (AvgIpc) is 2.39. The SMILES string of the molecule is COc1ncc(Cl)c(N2CCNCC2C(=O)O)n1. The van der Waals surface area contributed by atoms with Crippen molar-refractivity contribution < 1.29 is 14.6 Å². The summed E-state index contributed by atoms with van der Waals surface area (Å²) < 4.78 is 4.93. The largest absolute Gasteiger partial charge is 0.480 e. The minimum absolute atomic E-state index is 0.164. The van der Waals surface area contributed by atoms with Gasteiger partial charge in [-0.3, -0.25) is 0 Å². The van der Waals surface area contributed by atoms with Gasteiger partial charge in [0, 0.05) is 19.6 Å². The van der Waals surface area contributed by atoms with Gasteiger partial charge in [-0.25, -0.2) is 9.78 Å². The van der Waals surface area contributed by atoms with Gasteiger partial charge < -0.3 is 20.1 Å². The zero-order valence-electron chi connectivity index (χ0n) is 9.76. The number of methoxy groups -OCH3 is 1. The molecule has 0 aromatic carbocycles. The molecule has 1 aromatic heterocycles. The third-order valence-corrected chi connectivity index (χ3v) is 2.95. The molecule has 1 aromatic rings.